The molecule has 0 bridgehead atoms. The van der Waals surface area contributed by atoms with Gasteiger partial charge in [0.1, 0.15) is 18.2 Å². The van der Waals surface area contributed by atoms with Crippen molar-refractivity contribution in [2.75, 3.05) is 6.54 Å². The molecule has 1 N–H and O–H groups in total. The first-order chi connectivity index (χ1) is 15.2. The van der Waals surface area contributed by atoms with Crippen LogP contribution in [0.3, 0.4) is 0 Å². The third-order valence-corrected chi connectivity index (χ3v) is 5.67. The lowest BCUT2D eigenvalue weighted by Crippen LogP contribution is -2.19. The molecule has 4 heteroatoms. The van der Waals surface area contributed by atoms with E-state index in [2.05, 4.69) is 54.2 Å². The third kappa shape index (κ3) is 4.97. The molecule has 4 aromatic rings. The minimum Gasteiger partial charge on any atom is -0.488 e. The normalized spacial score (nSPS) is 12.2. The Morgan fingerprint density at radius 2 is 1.65 bits per heavy atom. The Balaban J connectivity index is 1.59. The number of hydrogen-bond acceptors (Lipinski definition) is 2. The van der Waals surface area contributed by atoms with Gasteiger partial charge in [0.25, 0.3) is 0 Å². The fraction of sp³-hybridized carbons (Fsp3) is 0.259. The zero-order valence-corrected chi connectivity index (χ0v) is 18.1. The predicted octanol–water partition coefficient (Wildman–Crippen LogP) is 6.27. The highest BCUT2D eigenvalue weighted by Gasteiger charge is 2.19. The zero-order chi connectivity index (χ0) is 21.6. The summed E-state index contributed by atoms with van der Waals surface area (Å²) in [6, 6.07) is 23.5. The van der Waals surface area contributed by atoms with Gasteiger partial charge in [0.2, 0.25) is 0 Å². The van der Waals surface area contributed by atoms with Crippen LogP contribution in [0, 0.1) is 5.82 Å². The van der Waals surface area contributed by atoms with Crippen molar-refractivity contribution >= 4 is 10.9 Å². The molecule has 3 nitrogen and oxygen atoms in total. The molecule has 1 atom stereocenters. The van der Waals surface area contributed by atoms with Crippen LogP contribution in [-0.4, -0.2) is 11.1 Å². The van der Waals surface area contributed by atoms with E-state index < -0.39 is 0 Å². The molecule has 1 unspecified atom stereocenters. The Morgan fingerprint density at radius 3 is 2.32 bits per heavy atom. The number of aryl methyl sites for hydroxylation is 1. The topological polar surface area (TPSA) is 26.2 Å². The van der Waals surface area contributed by atoms with E-state index in [1.54, 1.807) is 6.07 Å². The summed E-state index contributed by atoms with van der Waals surface area (Å²) in [5.41, 5.74) is 4.39. The Kier molecular flexibility index (Phi) is 6.68. The lowest BCUT2D eigenvalue weighted by molar-refractivity contribution is 0.308. The summed E-state index contributed by atoms with van der Waals surface area (Å²) >= 11 is 0. The number of halogens is 1. The van der Waals surface area contributed by atoms with Crippen molar-refractivity contribution in [1.82, 2.24) is 9.88 Å². The molecule has 1 aromatic heterocycles. The lowest BCUT2D eigenvalue weighted by Gasteiger charge is -2.15. The first-order valence-corrected chi connectivity index (χ1v) is 10.9. The summed E-state index contributed by atoms with van der Waals surface area (Å²) < 4.78 is 22.7. The number of benzene rings is 3. The average Bonchev–Trinajstić information content (AvgIpc) is 3.17. The van der Waals surface area contributed by atoms with Crippen molar-refractivity contribution in [3.05, 3.63) is 102 Å². The number of fused-ring (bicyclic) bond motifs is 1. The van der Waals surface area contributed by atoms with Crippen LogP contribution < -0.4 is 10.1 Å². The molecule has 0 saturated heterocycles. The van der Waals surface area contributed by atoms with Crippen molar-refractivity contribution in [2.45, 2.75) is 39.5 Å². The molecule has 0 amide bonds. The van der Waals surface area contributed by atoms with Gasteiger partial charge in [-0.3, -0.25) is 0 Å². The van der Waals surface area contributed by atoms with E-state index in [4.69, 9.17) is 4.74 Å². The molecule has 0 saturated carbocycles. The van der Waals surface area contributed by atoms with Gasteiger partial charge in [-0.15, -0.1) is 0 Å². The molecular weight excluding hydrogens is 387 g/mol. The molecule has 0 fully saturated rings. The minimum atomic E-state index is -0.273. The number of rotatable bonds is 9. The molecule has 1 heterocycles. The first kappa shape index (κ1) is 21.1. The van der Waals surface area contributed by atoms with Crippen molar-refractivity contribution in [2.24, 2.45) is 0 Å². The van der Waals surface area contributed by atoms with Gasteiger partial charge < -0.3 is 14.6 Å². The summed E-state index contributed by atoms with van der Waals surface area (Å²) in [7, 11) is 0. The van der Waals surface area contributed by atoms with Crippen LogP contribution >= 0.6 is 0 Å². The maximum atomic E-state index is 14.4. The summed E-state index contributed by atoms with van der Waals surface area (Å²) in [5.74, 6) is 0.587. The average molecular weight is 417 g/mol. The van der Waals surface area contributed by atoms with Crippen LogP contribution in [0.25, 0.3) is 10.9 Å². The predicted molar refractivity (Wildman–Crippen MR) is 125 cm³/mol. The highest BCUT2D eigenvalue weighted by Crippen LogP contribution is 2.36. The molecule has 0 aliphatic heterocycles. The molecule has 0 radical (unpaired) electrons. The smallest absolute Gasteiger partial charge is 0.132 e. The van der Waals surface area contributed by atoms with Crippen LogP contribution in [0.15, 0.2) is 79.0 Å². The largest absolute Gasteiger partial charge is 0.488 e. The quantitative estimate of drug-likeness (QED) is 0.348. The van der Waals surface area contributed by atoms with Crippen LogP contribution in [-0.2, 0) is 19.7 Å². The van der Waals surface area contributed by atoms with E-state index in [1.807, 2.05) is 36.4 Å². The van der Waals surface area contributed by atoms with E-state index in [-0.39, 0.29) is 11.7 Å². The molecule has 3 aromatic carbocycles. The fourth-order valence-corrected chi connectivity index (χ4v) is 4.01. The number of nitrogens with zero attached hydrogens (tertiary/aromatic N) is 1. The SMILES string of the molecule is CCn1cc(C(C)CNCc2ccccc2)c2c(OCc3ccccc3)cc(F)cc21. The minimum absolute atomic E-state index is 0.253. The maximum Gasteiger partial charge on any atom is 0.132 e. The van der Waals surface area contributed by atoms with Gasteiger partial charge in [-0.1, -0.05) is 67.6 Å². The molecule has 0 aliphatic carbocycles. The van der Waals surface area contributed by atoms with Gasteiger partial charge in [0.15, 0.2) is 0 Å². The summed E-state index contributed by atoms with van der Waals surface area (Å²) in [6.45, 7) is 7.13. The van der Waals surface area contributed by atoms with E-state index in [0.29, 0.717) is 12.4 Å². The number of ether oxygens (including phenoxy) is 1. The van der Waals surface area contributed by atoms with Crippen LogP contribution in [0.1, 0.15) is 36.5 Å². The van der Waals surface area contributed by atoms with Crippen LogP contribution in [0.4, 0.5) is 4.39 Å². The maximum absolute atomic E-state index is 14.4. The standard InChI is InChI=1S/C27H29FN2O/c1-3-30-18-24(20(2)16-29-17-21-10-6-4-7-11-21)27-25(30)14-23(28)15-26(27)31-19-22-12-8-5-9-13-22/h4-15,18,20,29H,3,16-17,19H2,1-2H3. The zero-order valence-electron chi connectivity index (χ0n) is 18.1. The van der Waals surface area contributed by atoms with Gasteiger partial charge in [0.05, 0.1) is 5.52 Å². The highest BCUT2D eigenvalue weighted by atomic mass is 19.1. The monoisotopic (exact) mass is 416 g/mol. The van der Waals surface area contributed by atoms with E-state index >= 15 is 0 Å². The molecular formula is C27H29FN2O. The van der Waals surface area contributed by atoms with Crippen molar-refractivity contribution in [3.63, 3.8) is 0 Å². The van der Waals surface area contributed by atoms with Gasteiger partial charge >= 0.3 is 0 Å². The Hall–Kier alpha value is -3.11. The second-order valence-electron chi connectivity index (χ2n) is 7.96. The third-order valence-electron chi connectivity index (χ3n) is 5.67. The van der Waals surface area contributed by atoms with E-state index in [1.165, 1.54) is 17.2 Å². The molecule has 0 aliphatic rings. The van der Waals surface area contributed by atoms with Crippen molar-refractivity contribution in [3.8, 4) is 5.75 Å². The summed E-state index contributed by atoms with van der Waals surface area (Å²) in [5, 5.41) is 4.56. The summed E-state index contributed by atoms with van der Waals surface area (Å²) in [6.07, 6.45) is 2.15. The van der Waals surface area contributed by atoms with Crippen molar-refractivity contribution < 1.29 is 9.13 Å². The lowest BCUT2D eigenvalue weighted by atomic mass is 9.99. The molecule has 4 rings (SSSR count). The van der Waals surface area contributed by atoms with Crippen LogP contribution in [0.5, 0.6) is 5.75 Å². The van der Waals surface area contributed by atoms with Gasteiger partial charge in [0, 0.05) is 37.3 Å². The Labute approximate surface area is 183 Å². The Bertz CT molecular complexity index is 1120. The summed E-state index contributed by atoms with van der Waals surface area (Å²) in [4.78, 5) is 0. The van der Waals surface area contributed by atoms with E-state index in [0.717, 1.165) is 36.1 Å². The van der Waals surface area contributed by atoms with E-state index in [9.17, 15) is 4.39 Å². The second kappa shape index (κ2) is 9.80. The molecule has 31 heavy (non-hydrogen) atoms. The van der Waals surface area contributed by atoms with Crippen molar-refractivity contribution in [1.29, 1.82) is 0 Å². The number of aromatic nitrogens is 1. The number of nitrogens with one attached hydrogen (secondary N) is 1. The molecule has 160 valence electrons. The Morgan fingerprint density at radius 1 is 0.968 bits per heavy atom. The van der Waals surface area contributed by atoms with Gasteiger partial charge in [-0.25, -0.2) is 4.39 Å². The number of hydrogen-bond donors (Lipinski definition) is 1. The fourth-order valence-electron chi connectivity index (χ4n) is 4.01. The van der Waals surface area contributed by atoms with Gasteiger partial charge in [-0.05, 0) is 35.6 Å². The van der Waals surface area contributed by atoms with Gasteiger partial charge in [-0.2, -0.15) is 0 Å². The first-order valence-electron chi connectivity index (χ1n) is 10.9. The molecule has 0 spiro atoms. The van der Waals surface area contributed by atoms with Crippen LogP contribution in [0.2, 0.25) is 0 Å². The highest BCUT2D eigenvalue weighted by molar-refractivity contribution is 5.90. The second-order valence-corrected chi connectivity index (χ2v) is 7.96.